The second kappa shape index (κ2) is 9.84. The van der Waals surface area contributed by atoms with Gasteiger partial charge in [-0.2, -0.15) is 13.2 Å². The Hall–Kier alpha value is -1.51. The minimum atomic E-state index is -4.49. The number of carbonyl (C=O) groups excluding carboxylic acids is 1. The largest absolute Gasteiger partial charge is 0.491 e. The molecular formula is C16H22ClF3N2O3. The fourth-order valence-corrected chi connectivity index (χ4v) is 2.30. The quantitative estimate of drug-likeness (QED) is 0.793. The molecule has 2 rings (SSSR count). The summed E-state index contributed by atoms with van der Waals surface area (Å²) >= 11 is 0. The van der Waals surface area contributed by atoms with Crippen LogP contribution in [0.5, 0.6) is 5.75 Å². The first-order valence-corrected chi connectivity index (χ1v) is 7.86. The van der Waals surface area contributed by atoms with Crippen molar-refractivity contribution in [2.45, 2.75) is 32.0 Å². The molecule has 1 aliphatic rings. The highest BCUT2D eigenvalue weighted by Gasteiger charge is 2.31. The zero-order valence-electron chi connectivity index (χ0n) is 13.8. The van der Waals surface area contributed by atoms with Crippen molar-refractivity contribution >= 4 is 24.0 Å². The third-order valence-corrected chi connectivity index (χ3v) is 3.46. The number of nitrogens with one attached hydrogen (secondary N) is 2. The smallest absolute Gasteiger partial charge is 0.416 e. The zero-order chi connectivity index (χ0) is 17.6. The number of halogens is 4. The first-order valence-electron chi connectivity index (χ1n) is 7.86. The lowest BCUT2D eigenvalue weighted by atomic mass is 10.1. The van der Waals surface area contributed by atoms with Crippen molar-refractivity contribution in [2.24, 2.45) is 0 Å². The van der Waals surface area contributed by atoms with Crippen molar-refractivity contribution in [3.05, 3.63) is 23.8 Å². The van der Waals surface area contributed by atoms with E-state index in [1.54, 1.807) is 0 Å². The second-order valence-corrected chi connectivity index (χ2v) is 5.51. The predicted molar refractivity (Wildman–Crippen MR) is 90.3 cm³/mol. The molecule has 5 nitrogen and oxygen atoms in total. The summed E-state index contributed by atoms with van der Waals surface area (Å²) in [4.78, 5) is 12.1. The molecule has 25 heavy (non-hydrogen) atoms. The number of rotatable bonds is 6. The van der Waals surface area contributed by atoms with Crippen molar-refractivity contribution in [1.82, 2.24) is 5.32 Å². The lowest BCUT2D eigenvalue weighted by Gasteiger charge is -2.23. The topological polar surface area (TPSA) is 59.6 Å². The van der Waals surface area contributed by atoms with E-state index < -0.39 is 17.6 Å². The first kappa shape index (κ1) is 21.5. The minimum absolute atomic E-state index is 0. The number of carbonyl (C=O) groups is 1. The summed E-state index contributed by atoms with van der Waals surface area (Å²) in [7, 11) is 0. The monoisotopic (exact) mass is 382 g/mol. The van der Waals surface area contributed by atoms with Crippen LogP contribution in [0.2, 0.25) is 0 Å². The van der Waals surface area contributed by atoms with Crippen LogP contribution in [0.3, 0.4) is 0 Å². The number of amides is 1. The van der Waals surface area contributed by atoms with E-state index >= 15 is 0 Å². The van der Waals surface area contributed by atoms with Gasteiger partial charge in [0.25, 0.3) is 0 Å². The van der Waals surface area contributed by atoms with Gasteiger partial charge in [0.2, 0.25) is 5.91 Å². The van der Waals surface area contributed by atoms with Crippen LogP contribution in [0, 0.1) is 0 Å². The summed E-state index contributed by atoms with van der Waals surface area (Å²) in [5, 5.41) is 5.60. The molecule has 1 aromatic rings. The average Bonchev–Trinajstić information content (AvgIpc) is 2.53. The van der Waals surface area contributed by atoms with Crippen LogP contribution in [-0.2, 0) is 15.7 Å². The normalized spacial score (nSPS) is 17.5. The van der Waals surface area contributed by atoms with Gasteiger partial charge in [0.05, 0.1) is 37.0 Å². The van der Waals surface area contributed by atoms with Crippen LogP contribution in [0.1, 0.15) is 25.3 Å². The van der Waals surface area contributed by atoms with E-state index in [1.807, 2.05) is 6.92 Å². The summed E-state index contributed by atoms with van der Waals surface area (Å²) in [5.41, 5.74) is -0.815. The van der Waals surface area contributed by atoms with Crippen LogP contribution in [0.4, 0.5) is 18.9 Å². The fourth-order valence-electron chi connectivity index (χ4n) is 2.30. The maximum Gasteiger partial charge on any atom is 0.416 e. The van der Waals surface area contributed by atoms with Gasteiger partial charge < -0.3 is 20.1 Å². The Morgan fingerprint density at radius 3 is 2.80 bits per heavy atom. The van der Waals surface area contributed by atoms with Crippen LogP contribution in [0.15, 0.2) is 18.2 Å². The Balaban J connectivity index is 0.00000312. The molecule has 1 saturated heterocycles. The number of hydrogen-bond donors (Lipinski definition) is 2. The number of hydrogen-bond acceptors (Lipinski definition) is 4. The maximum atomic E-state index is 12.9. The van der Waals surface area contributed by atoms with E-state index in [0.717, 1.165) is 18.7 Å². The highest BCUT2D eigenvalue weighted by Crippen LogP contribution is 2.35. The molecule has 0 aromatic heterocycles. The molecule has 1 fully saturated rings. The summed E-state index contributed by atoms with van der Waals surface area (Å²) in [5.74, 6) is -0.190. The molecule has 0 saturated carbocycles. The van der Waals surface area contributed by atoms with E-state index in [-0.39, 0.29) is 36.4 Å². The van der Waals surface area contributed by atoms with Crippen molar-refractivity contribution < 1.29 is 27.4 Å². The molecule has 0 bridgehead atoms. The second-order valence-electron chi connectivity index (χ2n) is 5.51. The zero-order valence-corrected chi connectivity index (χ0v) is 14.6. The van der Waals surface area contributed by atoms with Gasteiger partial charge in [0.1, 0.15) is 5.75 Å². The van der Waals surface area contributed by atoms with Crippen LogP contribution in [-0.4, -0.2) is 38.3 Å². The molecule has 9 heteroatoms. The van der Waals surface area contributed by atoms with Crippen molar-refractivity contribution in [3.8, 4) is 5.75 Å². The maximum absolute atomic E-state index is 12.9. The number of benzene rings is 1. The number of ether oxygens (including phenoxy) is 2. The standard InChI is InChI=1S/C16H21F3N2O3.ClH/c1-2-6-24-14-4-3-11(16(17,18)19)8-13(14)21-15(22)9-12-10-20-5-7-23-12;/h3-4,8,12,20H,2,5-7,9-10H2,1H3,(H,21,22);1H. The van der Waals surface area contributed by atoms with Crippen molar-refractivity contribution in [2.75, 3.05) is 31.6 Å². The predicted octanol–water partition coefficient (Wildman–Crippen LogP) is 3.23. The average molecular weight is 383 g/mol. The Morgan fingerprint density at radius 1 is 1.44 bits per heavy atom. The van der Waals surface area contributed by atoms with E-state index in [1.165, 1.54) is 6.07 Å². The molecule has 1 amide bonds. The van der Waals surface area contributed by atoms with Gasteiger partial charge in [-0.05, 0) is 24.6 Å². The summed E-state index contributed by atoms with van der Waals surface area (Å²) in [6.45, 7) is 4.00. The fraction of sp³-hybridized carbons (Fsp3) is 0.562. The van der Waals surface area contributed by atoms with Crippen molar-refractivity contribution in [1.29, 1.82) is 0 Å². The Bertz CT molecular complexity index is 564. The molecule has 1 heterocycles. The molecule has 1 unspecified atom stereocenters. The Kier molecular flexibility index (Phi) is 8.47. The van der Waals surface area contributed by atoms with Crippen LogP contribution < -0.4 is 15.4 Å². The van der Waals surface area contributed by atoms with Gasteiger partial charge in [0.15, 0.2) is 0 Å². The molecular weight excluding hydrogens is 361 g/mol. The van der Waals surface area contributed by atoms with Gasteiger partial charge in [-0.1, -0.05) is 6.92 Å². The number of anilines is 1. The summed E-state index contributed by atoms with van der Waals surface area (Å²) < 4.78 is 49.5. The molecule has 2 N–H and O–H groups in total. The van der Waals surface area contributed by atoms with Gasteiger partial charge in [-0.15, -0.1) is 12.4 Å². The third-order valence-electron chi connectivity index (χ3n) is 3.46. The number of morpholine rings is 1. The van der Waals surface area contributed by atoms with E-state index in [4.69, 9.17) is 9.47 Å². The lowest BCUT2D eigenvalue weighted by Crippen LogP contribution is -2.40. The minimum Gasteiger partial charge on any atom is -0.491 e. The Labute approximate surface area is 150 Å². The molecule has 1 atom stereocenters. The van der Waals surface area contributed by atoms with E-state index in [0.29, 0.717) is 26.2 Å². The summed E-state index contributed by atoms with van der Waals surface area (Å²) in [6, 6.07) is 3.06. The molecule has 1 aromatic carbocycles. The van der Waals surface area contributed by atoms with Crippen molar-refractivity contribution in [3.63, 3.8) is 0 Å². The molecule has 1 aliphatic heterocycles. The summed E-state index contributed by atoms with van der Waals surface area (Å²) in [6.07, 6.45) is -4.00. The molecule has 142 valence electrons. The number of alkyl halides is 3. The molecule has 0 spiro atoms. The molecule has 0 aliphatic carbocycles. The van der Waals surface area contributed by atoms with Gasteiger partial charge >= 0.3 is 6.18 Å². The highest BCUT2D eigenvalue weighted by atomic mass is 35.5. The van der Waals surface area contributed by atoms with Crippen LogP contribution in [0.25, 0.3) is 0 Å². The first-order chi connectivity index (χ1) is 11.4. The molecule has 0 radical (unpaired) electrons. The SMILES string of the molecule is CCCOc1ccc(C(F)(F)F)cc1NC(=O)CC1CNCCO1.Cl. The van der Waals surface area contributed by atoms with Gasteiger partial charge in [-0.3, -0.25) is 4.79 Å². The Morgan fingerprint density at radius 2 is 2.20 bits per heavy atom. The lowest BCUT2D eigenvalue weighted by molar-refractivity contribution is -0.137. The highest BCUT2D eigenvalue weighted by molar-refractivity contribution is 5.92. The third kappa shape index (κ3) is 6.72. The van der Waals surface area contributed by atoms with Gasteiger partial charge in [-0.25, -0.2) is 0 Å². The van der Waals surface area contributed by atoms with E-state index in [2.05, 4.69) is 10.6 Å². The van der Waals surface area contributed by atoms with Gasteiger partial charge in [0, 0.05) is 13.1 Å². The van der Waals surface area contributed by atoms with Crippen LogP contribution >= 0.6 is 12.4 Å². The van der Waals surface area contributed by atoms with E-state index in [9.17, 15) is 18.0 Å².